The van der Waals surface area contributed by atoms with E-state index in [2.05, 4.69) is 10.6 Å². The molecular weight excluding hydrogens is 388 g/mol. The first-order valence-electron chi connectivity index (χ1n) is 9.47. The molecule has 4 amide bonds. The lowest BCUT2D eigenvalue weighted by atomic mass is 9.98. The van der Waals surface area contributed by atoms with Gasteiger partial charge in [0.2, 0.25) is 5.91 Å². The summed E-state index contributed by atoms with van der Waals surface area (Å²) in [5.41, 5.74) is 3.90. The number of carbonyl (C=O) groups excluding carboxylic acids is 3. The number of likely N-dealkylation sites (N-methyl/N-ethyl adjacent to an activating group) is 1. The first-order chi connectivity index (χ1) is 14.0. The van der Waals surface area contributed by atoms with Crippen LogP contribution in [0.25, 0.3) is 0 Å². The van der Waals surface area contributed by atoms with Gasteiger partial charge in [-0.2, -0.15) is 11.3 Å². The van der Waals surface area contributed by atoms with Gasteiger partial charge in [-0.3, -0.25) is 14.5 Å². The van der Waals surface area contributed by atoms with Gasteiger partial charge in [0.1, 0.15) is 6.54 Å². The molecule has 2 aliphatic rings. The molecule has 0 saturated carbocycles. The largest absolute Gasteiger partial charge is 0.326 e. The molecule has 1 aromatic carbocycles. The van der Waals surface area contributed by atoms with Crippen LogP contribution in [0.4, 0.5) is 10.5 Å². The van der Waals surface area contributed by atoms with E-state index in [9.17, 15) is 14.4 Å². The van der Waals surface area contributed by atoms with Crippen molar-refractivity contribution in [3.63, 3.8) is 0 Å². The summed E-state index contributed by atoms with van der Waals surface area (Å²) < 4.78 is 0. The Bertz CT molecular complexity index is 982. The highest BCUT2D eigenvalue weighted by molar-refractivity contribution is 7.08. The average molecular weight is 410 g/mol. The molecule has 0 bridgehead atoms. The first-order valence-corrected chi connectivity index (χ1v) is 10.4. The monoisotopic (exact) mass is 410 g/mol. The van der Waals surface area contributed by atoms with Gasteiger partial charge in [-0.15, -0.1) is 0 Å². The van der Waals surface area contributed by atoms with Crippen LogP contribution in [0.15, 0.2) is 52.4 Å². The lowest BCUT2D eigenvalue weighted by Crippen LogP contribution is -2.47. The Morgan fingerprint density at radius 3 is 2.66 bits per heavy atom. The smallest absolute Gasteiger partial charge is 0.322 e. The maximum absolute atomic E-state index is 13.2. The highest BCUT2D eigenvalue weighted by Gasteiger charge is 2.44. The summed E-state index contributed by atoms with van der Waals surface area (Å²) in [4.78, 5) is 41.3. The van der Waals surface area contributed by atoms with Crippen LogP contribution >= 0.6 is 11.3 Å². The molecule has 150 valence electrons. The minimum absolute atomic E-state index is 0.0676. The predicted octanol–water partition coefficient (Wildman–Crippen LogP) is 2.88. The third-order valence-electron chi connectivity index (χ3n) is 5.16. The summed E-state index contributed by atoms with van der Waals surface area (Å²) in [7, 11) is 0. The van der Waals surface area contributed by atoms with Crippen LogP contribution in [0, 0.1) is 6.92 Å². The molecule has 4 rings (SSSR count). The molecule has 1 atom stereocenters. The van der Waals surface area contributed by atoms with Crippen molar-refractivity contribution < 1.29 is 14.4 Å². The Morgan fingerprint density at radius 1 is 1.24 bits per heavy atom. The number of amides is 4. The van der Waals surface area contributed by atoms with Crippen molar-refractivity contribution in [2.75, 3.05) is 25.0 Å². The SMILES string of the molecule is CCN1C(=O)NC(c2ccsc2)C2=C1CN(CC(=O)Nc1ccc(C)cc1)C2=O. The summed E-state index contributed by atoms with van der Waals surface area (Å²) in [6.07, 6.45) is 0. The summed E-state index contributed by atoms with van der Waals surface area (Å²) >= 11 is 1.51. The predicted molar refractivity (Wildman–Crippen MR) is 111 cm³/mol. The number of carbonyl (C=O) groups is 3. The molecule has 2 aliphatic heterocycles. The molecule has 1 unspecified atom stereocenters. The molecule has 0 aliphatic carbocycles. The van der Waals surface area contributed by atoms with Crippen LogP contribution < -0.4 is 10.6 Å². The van der Waals surface area contributed by atoms with Crippen LogP contribution in [0.1, 0.15) is 24.1 Å². The fourth-order valence-corrected chi connectivity index (χ4v) is 4.40. The Kier molecular flexibility index (Phi) is 5.10. The molecule has 2 N–H and O–H groups in total. The molecule has 0 saturated heterocycles. The minimum atomic E-state index is -0.482. The van der Waals surface area contributed by atoms with Gasteiger partial charge in [0.05, 0.1) is 23.9 Å². The average Bonchev–Trinajstić information content (AvgIpc) is 3.33. The lowest BCUT2D eigenvalue weighted by Gasteiger charge is -2.32. The van der Waals surface area contributed by atoms with Crippen molar-refractivity contribution in [3.05, 3.63) is 63.5 Å². The van der Waals surface area contributed by atoms with Crippen molar-refractivity contribution in [1.82, 2.24) is 15.1 Å². The normalized spacial score (nSPS) is 18.8. The van der Waals surface area contributed by atoms with Gasteiger partial charge < -0.3 is 15.5 Å². The Labute approximate surface area is 173 Å². The molecule has 8 heteroatoms. The van der Waals surface area contributed by atoms with Crippen LogP contribution in [-0.4, -0.2) is 47.3 Å². The van der Waals surface area contributed by atoms with E-state index in [1.54, 1.807) is 4.90 Å². The minimum Gasteiger partial charge on any atom is -0.326 e. The summed E-state index contributed by atoms with van der Waals surface area (Å²) in [6.45, 7) is 4.48. The number of hydrogen-bond acceptors (Lipinski definition) is 4. The molecule has 1 aromatic heterocycles. The fourth-order valence-electron chi connectivity index (χ4n) is 3.71. The maximum Gasteiger partial charge on any atom is 0.322 e. The Morgan fingerprint density at radius 2 is 2.00 bits per heavy atom. The summed E-state index contributed by atoms with van der Waals surface area (Å²) in [5, 5.41) is 9.60. The second kappa shape index (κ2) is 7.71. The first kappa shape index (κ1) is 19.2. The van der Waals surface area contributed by atoms with Gasteiger partial charge in [-0.25, -0.2) is 4.79 Å². The summed E-state index contributed by atoms with van der Waals surface area (Å²) in [5.74, 6) is -0.481. The van der Waals surface area contributed by atoms with Gasteiger partial charge >= 0.3 is 6.03 Å². The van der Waals surface area contributed by atoms with E-state index in [4.69, 9.17) is 0 Å². The van der Waals surface area contributed by atoms with Crippen molar-refractivity contribution in [1.29, 1.82) is 0 Å². The number of anilines is 1. The number of nitrogens with zero attached hydrogens (tertiary/aromatic N) is 2. The summed E-state index contributed by atoms with van der Waals surface area (Å²) in [6, 6.07) is 8.69. The Hall–Kier alpha value is -3.13. The van der Waals surface area contributed by atoms with Gasteiger partial charge in [0.25, 0.3) is 5.91 Å². The quantitative estimate of drug-likeness (QED) is 0.795. The lowest BCUT2D eigenvalue weighted by molar-refractivity contribution is -0.130. The number of thiophene rings is 1. The topological polar surface area (TPSA) is 81.8 Å². The number of nitrogens with one attached hydrogen (secondary N) is 2. The second-order valence-electron chi connectivity index (χ2n) is 7.12. The van der Waals surface area contributed by atoms with E-state index in [0.717, 1.165) is 11.1 Å². The van der Waals surface area contributed by atoms with Crippen molar-refractivity contribution in [2.24, 2.45) is 0 Å². The van der Waals surface area contributed by atoms with Crippen molar-refractivity contribution >= 4 is 34.9 Å². The Balaban J connectivity index is 1.54. The standard InChI is InChI=1S/C21H22N4O3S/c1-3-25-16-10-24(11-17(26)22-15-6-4-13(2)5-7-15)20(27)18(16)19(23-21(25)28)14-8-9-29-12-14/h4-9,12,19H,3,10-11H2,1-2H3,(H,22,26)(H,23,28). The molecular formula is C21H22N4O3S. The van der Waals surface area contributed by atoms with E-state index in [1.165, 1.54) is 16.2 Å². The fraction of sp³-hybridized carbons (Fsp3) is 0.286. The molecule has 2 aromatic rings. The molecule has 7 nitrogen and oxygen atoms in total. The molecule has 0 fully saturated rings. The van der Waals surface area contributed by atoms with Gasteiger partial charge in [-0.05, 0) is 48.4 Å². The van der Waals surface area contributed by atoms with Gasteiger partial charge in [-0.1, -0.05) is 17.7 Å². The van der Waals surface area contributed by atoms with E-state index in [0.29, 0.717) is 23.5 Å². The zero-order chi connectivity index (χ0) is 20.5. The maximum atomic E-state index is 13.2. The zero-order valence-corrected chi connectivity index (χ0v) is 17.1. The zero-order valence-electron chi connectivity index (χ0n) is 16.3. The van der Waals surface area contributed by atoms with E-state index >= 15 is 0 Å². The molecule has 29 heavy (non-hydrogen) atoms. The molecule has 0 radical (unpaired) electrons. The second-order valence-corrected chi connectivity index (χ2v) is 7.90. The van der Waals surface area contributed by atoms with Crippen LogP contribution in [0.2, 0.25) is 0 Å². The number of hydrogen-bond donors (Lipinski definition) is 2. The van der Waals surface area contributed by atoms with Gasteiger partial charge in [0.15, 0.2) is 0 Å². The van der Waals surface area contributed by atoms with E-state index in [-0.39, 0.29) is 30.9 Å². The number of rotatable bonds is 5. The van der Waals surface area contributed by atoms with Crippen LogP contribution in [-0.2, 0) is 9.59 Å². The molecule has 0 spiro atoms. The number of urea groups is 1. The highest BCUT2D eigenvalue weighted by Crippen LogP contribution is 2.36. The number of benzene rings is 1. The van der Waals surface area contributed by atoms with E-state index < -0.39 is 6.04 Å². The highest BCUT2D eigenvalue weighted by atomic mass is 32.1. The third-order valence-corrected chi connectivity index (χ3v) is 5.86. The van der Waals surface area contributed by atoms with Gasteiger partial charge in [0, 0.05) is 12.2 Å². The van der Waals surface area contributed by atoms with E-state index in [1.807, 2.05) is 54.9 Å². The van der Waals surface area contributed by atoms with Crippen LogP contribution in [0.3, 0.4) is 0 Å². The van der Waals surface area contributed by atoms with Crippen LogP contribution in [0.5, 0.6) is 0 Å². The molecule has 3 heterocycles. The third kappa shape index (κ3) is 3.63. The van der Waals surface area contributed by atoms with Crippen molar-refractivity contribution in [3.8, 4) is 0 Å². The van der Waals surface area contributed by atoms with Crippen molar-refractivity contribution in [2.45, 2.75) is 19.9 Å². The number of aryl methyl sites for hydroxylation is 1.